The van der Waals surface area contributed by atoms with Gasteiger partial charge in [-0.3, -0.25) is 15.4 Å². The summed E-state index contributed by atoms with van der Waals surface area (Å²) in [7, 11) is 3.41. The highest BCUT2D eigenvalue weighted by Crippen LogP contribution is 2.37. The Morgan fingerprint density at radius 2 is 1.90 bits per heavy atom. The zero-order valence-electron chi connectivity index (χ0n) is 28.8. The maximum atomic E-state index is 12.8. The summed E-state index contributed by atoms with van der Waals surface area (Å²) in [5.74, 6) is -0.415. The molecule has 270 valence electrons. The molecule has 3 fully saturated rings. The number of aliphatic hydroxyl groups excluding tert-OH is 3. The van der Waals surface area contributed by atoms with Gasteiger partial charge in [-0.05, 0) is 77.9 Å². The number of nitrogens with one attached hydrogen (secondary N) is 1. The molecule has 4 rings (SSSR count). The zero-order valence-corrected chi connectivity index (χ0v) is 28.8. The third-order valence-electron chi connectivity index (χ3n) is 9.72. The van der Waals surface area contributed by atoms with Gasteiger partial charge in [-0.15, -0.1) is 0 Å². The summed E-state index contributed by atoms with van der Waals surface area (Å²) >= 11 is 0. The maximum absolute atomic E-state index is 12.8. The summed E-state index contributed by atoms with van der Waals surface area (Å²) in [6, 6.07) is 2.28. The molecule has 1 aromatic rings. The van der Waals surface area contributed by atoms with Crippen molar-refractivity contribution in [2.75, 3.05) is 60.0 Å². The van der Waals surface area contributed by atoms with Crippen LogP contribution < -0.4 is 11.1 Å². The summed E-state index contributed by atoms with van der Waals surface area (Å²) in [4.78, 5) is 43.8. The molecule has 0 radical (unpaired) electrons. The molecular formula is C33H53N5O10. The minimum absolute atomic E-state index is 0.0314. The molecule has 0 bridgehead atoms. The van der Waals surface area contributed by atoms with E-state index < -0.39 is 59.3 Å². The molecule has 15 heteroatoms. The van der Waals surface area contributed by atoms with Crippen LogP contribution in [0.15, 0.2) is 12.1 Å². The Balaban J connectivity index is 1.45. The largest absolute Gasteiger partial charge is 0.507 e. The quantitative estimate of drug-likeness (QED) is 0.129. The van der Waals surface area contributed by atoms with E-state index in [9.17, 15) is 34.8 Å². The number of likely N-dealkylation sites (N-methyl/N-ethyl adjacent to an activating group) is 1. The second-order valence-electron chi connectivity index (χ2n) is 14.4. The van der Waals surface area contributed by atoms with Gasteiger partial charge < -0.3 is 54.5 Å². The smallest absolute Gasteiger partial charge is 0.411 e. The summed E-state index contributed by atoms with van der Waals surface area (Å²) in [6.07, 6.45) is -4.44. The van der Waals surface area contributed by atoms with Crippen molar-refractivity contribution in [1.82, 2.24) is 20.0 Å². The molecule has 1 aromatic carbocycles. The number of carbonyl (C=O) groups is 3. The molecule has 7 N–H and O–H groups in total. The topological polar surface area (TPSA) is 208 Å². The monoisotopic (exact) mass is 679 g/mol. The van der Waals surface area contributed by atoms with Crippen molar-refractivity contribution in [3.63, 3.8) is 0 Å². The third-order valence-corrected chi connectivity index (χ3v) is 9.72. The molecule has 2 amide bonds. The van der Waals surface area contributed by atoms with Crippen LogP contribution in [0.3, 0.4) is 0 Å². The van der Waals surface area contributed by atoms with Gasteiger partial charge >= 0.3 is 6.09 Å². The van der Waals surface area contributed by atoms with Crippen LogP contribution in [0.4, 0.5) is 4.79 Å². The Morgan fingerprint density at radius 3 is 2.50 bits per heavy atom. The number of rotatable bonds is 11. The maximum Gasteiger partial charge on any atom is 0.411 e. The van der Waals surface area contributed by atoms with Gasteiger partial charge in [-0.1, -0.05) is 0 Å². The summed E-state index contributed by atoms with van der Waals surface area (Å²) < 4.78 is 17.6. The van der Waals surface area contributed by atoms with Crippen LogP contribution >= 0.6 is 0 Å². The van der Waals surface area contributed by atoms with E-state index >= 15 is 0 Å². The normalized spacial score (nSPS) is 29.6. The van der Waals surface area contributed by atoms with Crippen LogP contribution in [0.1, 0.15) is 54.6 Å². The molecule has 0 aromatic heterocycles. The summed E-state index contributed by atoms with van der Waals surface area (Å²) in [6.45, 7) is 8.78. The number of morpholine rings is 1. The van der Waals surface area contributed by atoms with E-state index in [1.54, 1.807) is 51.6 Å². The number of aryl methyl sites for hydroxylation is 2. The number of phenols is 1. The molecule has 1 unspecified atom stereocenters. The number of amides is 2. The number of hydrogen-bond acceptors (Lipinski definition) is 13. The molecule has 1 spiro atoms. The van der Waals surface area contributed by atoms with Crippen LogP contribution in [-0.2, 0) is 19.0 Å². The van der Waals surface area contributed by atoms with Crippen molar-refractivity contribution in [1.29, 1.82) is 0 Å². The number of carbonyl (C=O) groups excluding carboxylic acids is 3. The first-order valence-corrected chi connectivity index (χ1v) is 16.4. The molecule has 0 aliphatic carbocycles. The fourth-order valence-electron chi connectivity index (χ4n) is 7.13. The first kappa shape index (κ1) is 37.9. The number of nitrogens with zero attached hydrogens (tertiary/aromatic N) is 3. The minimum Gasteiger partial charge on any atom is -0.507 e. The Labute approximate surface area is 281 Å². The number of phenolic OH excluding ortho intramolecular Hbond substituents is 1. The van der Waals surface area contributed by atoms with Crippen LogP contribution in [-0.4, -0.2) is 161 Å². The highest BCUT2D eigenvalue weighted by molar-refractivity contribution is 5.94. The number of hydrogen-bond donors (Lipinski definition) is 6. The van der Waals surface area contributed by atoms with Gasteiger partial charge in [-0.2, -0.15) is 0 Å². The zero-order chi connectivity index (χ0) is 35.6. The highest BCUT2D eigenvalue weighted by atomic mass is 16.6. The molecule has 48 heavy (non-hydrogen) atoms. The highest BCUT2D eigenvalue weighted by Gasteiger charge is 2.53. The van der Waals surface area contributed by atoms with Gasteiger partial charge in [0.25, 0.3) is 5.91 Å². The standard InChI is InChI=1S/C33H53N5O10/c1-20-13-22(14-21(2)26(20)42)29(44)35-16-24(41)27(43)28-25(36(5)6)23(40)15-33(18-39,47-28)8-10-38-11-12-46-19-32(38)7-9-37(17-32)30(45)48-31(3,4)34/h13-14,18,23-25,27-28,40-43H,7-12,15-17,19,34H2,1-6H3,(H,35,44)/t23-,24+,25?,27+,28+,32-,33+/m0/s1. The first-order chi connectivity index (χ1) is 22.4. The Bertz CT molecular complexity index is 1300. The van der Waals surface area contributed by atoms with Gasteiger partial charge in [0.1, 0.15) is 23.6 Å². The molecule has 3 saturated heterocycles. The number of aliphatic hydroxyl groups is 3. The van der Waals surface area contributed by atoms with Gasteiger partial charge in [0.15, 0.2) is 12.0 Å². The fraction of sp³-hybridized carbons (Fsp3) is 0.727. The number of likely N-dealkylation sites (tertiary alicyclic amines) is 1. The molecule has 15 nitrogen and oxygen atoms in total. The SMILES string of the molecule is Cc1cc(C(=O)NC[C@@H](O)[C@@H](O)[C@@H]2O[C@](C=O)(CCN3CCOC[C@@]34CCN(C(=O)OC(C)(C)N)C4)C[C@H](O)C2N(C)C)cc(C)c1O. The van der Waals surface area contributed by atoms with Crippen LogP contribution in [0.2, 0.25) is 0 Å². The second-order valence-corrected chi connectivity index (χ2v) is 14.4. The van der Waals surface area contributed by atoms with Crippen LogP contribution in [0.5, 0.6) is 5.75 Å². The van der Waals surface area contributed by atoms with E-state index in [0.29, 0.717) is 63.2 Å². The first-order valence-electron chi connectivity index (χ1n) is 16.4. The van der Waals surface area contributed by atoms with E-state index in [0.717, 1.165) is 0 Å². The number of nitrogens with two attached hydrogens (primary N) is 1. The molecule has 7 atom stereocenters. The molecule has 0 saturated carbocycles. The lowest BCUT2D eigenvalue weighted by atomic mass is 9.81. The molecule has 3 aliphatic rings. The Morgan fingerprint density at radius 1 is 1.23 bits per heavy atom. The van der Waals surface area contributed by atoms with Crippen LogP contribution in [0, 0.1) is 13.8 Å². The molecule has 3 aliphatic heterocycles. The van der Waals surface area contributed by atoms with Gasteiger partial charge in [0.2, 0.25) is 0 Å². The minimum atomic E-state index is -1.58. The Hall–Kier alpha value is -2.89. The third kappa shape index (κ3) is 8.45. The lowest BCUT2D eigenvalue weighted by Gasteiger charge is -2.50. The van der Waals surface area contributed by atoms with Gasteiger partial charge in [-0.25, -0.2) is 4.79 Å². The predicted octanol–water partition coefficient (Wildman–Crippen LogP) is -0.523. The lowest BCUT2D eigenvalue weighted by molar-refractivity contribution is -0.226. The number of aldehydes is 1. The van der Waals surface area contributed by atoms with E-state index in [-0.39, 0.29) is 30.7 Å². The summed E-state index contributed by atoms with van der Waals surface area (Å²) in [5, 5.41) is 46.3. The van der Waals surface area contributed by atoms with Gasteiger partial charge in [0, 0.05) is 44.7 Å². The number of benzene rings is 1. The number of ether oxygens (including phenoxy) is 3. The predicted molar refractivity (Wildman–Crippen MR) is 174 cm³/mol. The number of aromatic hydroxyl groups is 1. The van der Waals surface area contributed by atoms with Gasteiger partial charge in [0.05, 0.1) is 37.0 Å². The average molecular weight is 680 g/mol. The van der Waals surface area contributed by atoms with Crippen LogP contribution in [0.25, 0.3) is 0 Å². The Kier molecular flexibility index (Phi) is 11.8. The fourth-order valence-corrected chi connectivity index (χ4v) is 7.13. The average Bonchev–Trinajstić information content (AvgIpc) is 3.44. The van der Waals surface area contributed by atoms with Crippen molar-refractivity contribution < 1.29 is 49.0 Å². The van der Waals surface area contributed by atoms with E-state index in [2.05, 4.69) is 10.2 Å². The van der Waals surface area contributed by atoms with Crippen molar-refractivity contribution >= 4 is 18.3 Å². The lowest BCUT2D eigenvalue weighted by Crippen LogP contribution is -2.66. The van der Waals surface area contributed by atoms with Crippen molar-refractivity contribution in [2.24, 2.45) is 5.73 Å². The van der Waals surface area contributed by atoms with Crippen molar-refractivity contribution in [3.8, 4) is 5.75 Å². The van der Waals surface area contributed by atoms with E-state index in [1.807, 2.05) is 0 Å². The molecule has 3 heterocycles. The molecular weight excluding hydrogens is 626 g/mol. The van der Waals surface area contributed by atoms with Crippen molar-refractivity contribution in [2.45, 2.75) is 94.3 Å². The second kappa shape index (κ2) is 14.9. The summed E-state index contributed by atoms with van der Waals surface area (Å²) in [5.41, 5.74) is 4.10. The van der Waals surface area contributed by atoms with E-state index in [1.165, 1.54) is 12.1 Å². The van der Waals surface area contributed by atoms with E-state index in [4.69, 9.17) is 19.9 Å². The van der Waals surface area contributed by atoms with Crippen molar-refractivity contribution in [3.05, 3.63) is 28.8 Å².